The van der Waals surface area contributed by atoms with Crippen LogP contribution in [0.4, 0.5) is 0 Å². The van der Waals surface area contributed by atoms with Crippen LogP contribution in [-0.4, -0.2) is 42.3 Å². The first-order chi connectivity index (χ1) is 17.8. The minimum Gasteiger partial charge on any atom is -0.550 e. The lowest BCUT2D eigenvalue weighted by atomic mass is 9.43. The van der Waals surface area contributed by atoms with Crippen molar-refractivity contribution in [2.75, 3.05) is 0 Å². The Bertz CT molecular complexity index is 901. The largest absolute Gasteiger partial charge is 0.550 e. The van der Waals surface area contributed by atoms with Gasteiger partial charge in [-0.1, -0.05) is 20.8 Å². The second-order valence-electron chi connectivity index (χ2n) is 13.7. The number of carboxylic acids is 1. The molecule has 11 atom stereocenters. The van der Waals surface area contributed by atoms with Gasteiger partial charge in [-0.25, -0.2) is 0 Å². The monoisotopic (exact) mass is 533 g/mol. The van der Waals surface area contributed by atoms with Crippen molar-refractivity contribution in [1.29, 1.82) is 0 Å². The molecule has 3 unspecified atom stereocenters. The van der Waals surface area contributed by atoms with Crippen LogP contribution in [-0.2, 0) is 28.6 Å². The lowest BCUT2D eigenvalue weighted by molar-refractivity contribution is -0.306. The average Bonchev–Trinajstić information content (AvgIpc) is 3.16. The van der Waals surface area contributed by atoms with Gasteiger partial charge in [0.05, 0.1) is 12.2 Å². The van der Waals surface area contributed by atoms with Crippen molar-refractivity contribution in [3.63, 3.8) is 0 Å². The molecule has 0 bridgehead atoms. The maximum absolute atomic E-state index is 12.4. The Labute approximate surface area is 228 Å². The smallest absolute Gasteiger partial charge is 0.302 e. The van der Waals surface area contributed by atoms with Gasteiger partial charge in [0.15, 0.2) is 0 Å². The van der Waals surface area contributed by atoms with Gasteiger partial charge in [-0.05, 0) is 107 Å². The van der Waals surface area contributed by atoms with Crippen molar-refractivity contribution in [3.8, 4) is 0 Å². The molecular formula is C31H49O7-. The van der Waals surface area contributed by atoms with Crippen molar-refractivity contribution in [3.05, 3.63) is 0 Å². The van der Waals surface area contributed by atoms with Crippen molar-refractivity contribution in [2.24, 2.45) is 46.3 Å². The summed E-state index contributed by atoms with van der Waals surface area (Å²) in [6, 6.07) is 0. The first kappa shape index (κ1) is 29.4. The fraction of sp³-hybridized carbons (Fsp3) is 0.903. The van der Waals surface area contributed by atoms with E-state index in [9.17, 15) is 19.5 Å². The van der Waals surface area contributed by atoms with Gasteiger partial charge in [0.2, 0.25) is 0 Å². The summed E-state index contributed by atoms with van der Waals surface area (Å²) in [5.74, 6) is 0.403. The second kappa shape index (κ2) is 11.1. The standard InChI is InChI=1S/C31H50O7/c1-17(2)36-27-16-25-29(24-10-9-23(31(24,27)7)18(3)8-11-28(34)35)26(38-20(5)33)15-21-14-22(37-19(4)32)12-13-30(21,25)6/h17-18,21-27,29H,8-16H2,1-7H3,(H,34,35)/p-1/t18-,21+,22?,23-,24+,25+,26?,27?,29+,30+,31-/m1/s1. The van der Waals surface area contributed by atoms with E-state index in [-0.39, 0.29) is 65.4 Å². The van der Waals surface area contributed by atoms with Crippen LogP contribution in [0.5, 0.6) is 0 Å². The molecule has 4 aliphatic rings. The molecule has 0 aliphatic heterocycles. The fourth-order valence-corrected chi connectivity index (χ4v) is 9.82. The van der Waals surface area contributed by atoms with Crippen molar-refractivity contribution < 1.29 is 33.7 Å². The molecule has 216 valence electrons. The van der Waals surface area contributed by atoms with Crippen molar-refractivity contribution in [2.45, 2.75) is 131 Å². The molecule has 0 aromatic heterocycles. The van der Waals surface area contributed by atoms with Crippen molar-refractivity contribution >= 4 is 17.9 Å². The minimum absolute atomic E-state index is 0.0615. The summed E-state index contributed by atoms with van der Waals surface area (Å²) in [5.41, 5.74) is -0.0517. The van der Waals surface area contributed by atoms with E-state index < -0.39 is 5.97 Å². The Balaban J connectivity index is 1.71. The third-order valence-corrected chi connectivity index (χ3v) is 11.3. The highest BCUT2D eigenvalue weighted by atomic mass is 16.5. The molecular weight excluding hydrogens is 484 g/mol. The number of esters is 2. The van der Waals surface area contributed by atoms with Gasteiger partial charge < -0.3 is 24.1 Å². The summed E-state index contributed by atoms with van der Waals surface area (Å²) in [6.45, 7) is 14.2. The molecule has 4 rings (SSSR count). The Kier molecular flexibility index (Phi) is 8.57. The molecule has 38 heavy (non-hydrogen) atoms. The maximum atomic E-state index is 12.4. The predicted molar refractivity (Wildman–Crippen MR) is 141 cm³/mol. The van der Waals surface area contributed by atoms with Crippen LogP contribution in [0.25, 0.3) is 0 Å². The van der Waals surface area contributed by atoms with Crippen LogP contribution in [0.3, 0.4) is 0 Å². The summed E-state index contributed by atoms with van der Waals surface area (Å²) < 4.78 is 18.6. The van der Waals surface area contributed by atoms with Gasteiger partial charge in [-0.3, -0.25) is 9.59 Å². The SMILES string of the molecule is CC(=O)OC1CC[C@@]2(C)[C@@H](C1)CC(OC(C)=O)[C@@H]1[C@@H]2CC(OC(C)C)[C@]2(C)[C@@H]([C@H](C)CCC(=O)[O-])CC[C@@H]12. The molecule has 0 saturated heterocycles. The van der Waals surface area contributed by atoms with Gasteiger partial charge in [-0.2, -0.15) is 0 Å². The Morgan fingerprint density at radius 2 is 1.61 bits per heavy atom. The van der Waals surface area contributed by atoms with E-state index in [2.05, 4.69) is 34.6 Å². The van der Waals surface area contributed by atoms with E-state index in [1.807, 2.05) is 0 Å². The van der Waals surface area contributed by atoms with E-state index in [0.717, 1.165) is 44.9 Å². The highest BCUT2D eigenvalue weighted by Crippen LogP contribution is 2.69. The summed E-state index contributed by atoms with van der Waals surface area (Å²) in [7, 11) is 0. The first-order valence-electron chi connectivity index (χ1n) is 15.0. The summed E-state index contributed by atoms with van der Waals surface area (Å²) in [4.78, 5) is 35.3. The molecule has 4 aliphatic carbocycles. The van der Waals surface area contributed by atoms with Gasteiger partial charge >= 0.3 is 11.9 Å². The lowest BCUT2D eigenvalue weighted by Crippen LogP contribution is -2.63. The molecule has 0 N–H and O–H groups in total. The molecule has 0 radical (unpaired) electrons. The van der Waals surface area contributed by atoms with E-state index in [1.54, 1.807) is 0 Å². The number of hydrogen-bond acceptors (Lipinski definition) is 7. The molecule has 0 amide bonds. The van der Waals surface area contributed by atoms with Gasteiger partial charge in [0, 0.05) is 31.1 Å². The van der Waals surface area contributed by atoms with Crippen LogP contribution in [0.2, 0.25) is 0 Å². The lowest BCUT2D eigenvalue weighted by Gasteiger charge is -2.64. The Morgan fingerprint density at radius 1 is 0.921 bits per heavy atom. The van der Waals surface area contributed by atoms with E-state index in [4.69, 9.17) is 14.2 Å². The molecule has 0 aromatic carbocycles. The number of aliphatic carboxylic acids is 1. The molecule has 7 nitrogen and oxygen atoms in total. The quantitative estimate of drug-likeness (QED) is 0.417. The molecule has 7 heteroatoms. The topological polar surface area (TPSA) is 102 Å². The minimum atomic E-state index is -0.985. The van der Waals surface area contributed by atoms with Crippen LogP contribution in [0.1, 0.15) is 106 Å². The number of carbonyl (C=O) groups excluding carboxylic acids is 3. The first-order valence-corrected chi connectivity index (χ1v) is 15.0. The summed E-state index contributed by atoms with van der Waals surface area (Å²) in [5, 5.41) is 11.3. The van der Waals surface area contributed by atoms with Crippen LogP contribution < -0.4 is 5.11 Å². The summed E-state index contributed by atoms with van der Waals surface area (Å²) in [6.07, 6.45) is 7.11. The maximum Gasteiger partial charge on any atom is 0.302 e. The van der Waals surface area contributed by atoms with Gasteiger partial charge in [0.25, 0.3) is 0 Å². The van der Waals surface area contributed by atoms with E-state index in [1.165, 1.54) is 13.8 Å². The number of fused-ring (bicyclic) bond motifs is 5. The molecule has 0 heterocycles. The number of carboxylic acid groups (broad SMARTS) is 1. The third kappa shape index (κ3) is 5.38. The fourth-order valence-electron chi connectivity index (χ4n) is 9.82. The average molecular weight is 534 g/mol. The molecule has 4 saturated carbocycles. The second-order valence-corrected chi connectivity index (χ2v) is 13.7. The zero-order valence-electron chi connectivity index (χ0n) is 24.5. The highest BCUT2D eigenvalue weighted by molar-refractivity contribution is 5.66. The van der Waals surface area contributed by atoms with Crippen molar-refractivity contribution in [1.82, 2.24) is 0 Å². The molecule has 0 aromatic rings. The summed E-state index contributed by atoms with van der Waals surface area (Å²) >= 11 is 0. The van der Waals surface area contributed by atoms with Gasteiger partial charge in [0.1, 0.15) is 12.2 Å². The van der Waals surface area contributed by atoms with Gasteiger partial charge in [-0.15, -0.1) is 0 Å². The number of rotatable bonds is 8. The van der Waals surface area contributed by atoms with E-state index >= 15 is 0 Å². The highest BCUT2D eigenvalue weighted by Gasteiger charge is 2.67. The zero-order valence-corrected chi connectivity index (χ0v) is 24.5. The van der Waals surface area contributed by atoms with Crippen LogP contribution in [0.15, 0.2) is 0 Å². The third-order valence-electron chi connectivity index (χ3n) is 11.3. The number of ether oxygens (including phenoxy) is 3. The van der Waals surface area contributed by atoms with E-state index in [0.29, 0.717) is 30.1 Å². The van der Waals surface area contributed by atoms with Crippen LogP contribution in [0, 0.1) is 46.3 Å². The predicted octanol–water partition coefficient (Wildman–Crippen LogP) is 4.69. The van der Waals surface area contributed by atoms with Crippen LogP contribution >= 0.6 is 0 Å². The Hall–Kier alpha value is -1.63. The normalized spacial score (nSPS) is 42.9. The molecule has 4 fully saturated rings. The number of hydrogen-bond donors (Lipinski definition) is 0. The zero-order chi connectivity index (χ0) is 28.0. The Morgan fingerprint density at radius 3 is 2.21 bits per heavy atom. The number of carbonyl (C=O) groups is 3. The molecule has 0 spiro atoms.